The average Bonchev–Trinajstić information content (AvgIpc) is 3.00. The number of hydrogen-bond donors (Lipinski definition) is 2. The summed E-state index contributed by atoms with van der Waals surface area (Å²) < 4.78 is 65.9. The normalized spacial score (nSPS) is 22.8. The maximum atomic E-state index is 16.1. The molecule has 1 aliphatic heterocycles. The number of amides is 1. The lowest BCUT2D eigenvalue weighted by molar-refractivity contribution is -0.298. The molecule has 0 aromatic heterocycles. The van der Waals surface area contributed by atoms with Gasteiger partial charge in [-0.3, -0.25) is 0 Å². The van der Waals surface area contributed by atoms with E-state index < -0.39 is 61.0 Å². The van der Waals surface area contributed by atoms with Crippen LogP contribution in [-0.4, -0.2) is 92.7 Å². The number of carbonyl (C=O) groups is 2. The summed E-state index contributed by atoms with van der Waals surface area (Å²) >= 11 is 0. The molecule has 1 fully saturated rings. The van der Waals surface area contributed by atoms with Crippen molar-refractivity contribution in [2.45, 2.75) is 122 Å². The Morgan fingerprint density at radius 1 is 0.932 bits per heavy atom. The number of rotatable bonds is 21. The second-order valence-electron chi connectivity index (χ2n) is 10.9. The topological polar surface area (TPSA) is 122 Å². The van der Waals surface area contributed by atoms with E-state index in [1.165, 1.54) is 6.92 Å². The summed E-state index contributed by atoms with van der Waals surface area (Å²) in [6.45, 7) is 8.20. The van der Waals surface area contributed by atoms with Crippen molar-refractivity contribution in [1.82, 2.24) is 5.32 Å². The quantitative estimate of drug-likeness (QED) is 0.140. The molecule has 0 unspecified atom stereocenters. The molecular weight excluding hydrogens is 580 g/mol. The number of carbonyl (C=O) groups excluding carboxylic acids is 2. The lowest BCUT2D eigenvalue weighted by Crippen LogP contribution is -2.65. The predicted molar refractivity (Wildman–Crippen MR) is 159 cm³/mol. The molecule has 1 aromatic rings. The molecule has 1 heterocycles. The molecule has 10 nitrogen and oxygen atoms in total. The Bertz CT molecular complexity index is 940. The Hall–Kier alpha value is -2.38. The largest absolute Gasteiger partial charge is 0.464 e. The van der Waals surface area contributed by atoms with Crippen LogP contribution >= 0.6 is 0 Å². The van der Waals surface area contributed by atoms with Gasteiger partial charge in [-0.05, 0) is 31.7 Å². The van der Waals surface area contributed by atoms with Crippen molar-refractivity contribution in [2.24, 2.45) is 0 Å². The molecule has 6 atom stereocenters. The third kappa shape index (κ3) is 12.5. The highest BCUT2D eigenvalue weighted by atomic mass is 19.3. The molecule has 1 saturated heterocycles. The summed E-state index contributed by atoms with van der Waals surface area (Å²) in [6.07, 6.45) is -4.41. The molecular formula is C32H51F2NO9. The van der Waals surface area contributed by atoms with Crippen molar-refractivity contribution in [1.29, 1.82) is 0 Å². The first-order chi connectivity index (χ1) is 21.2. The van der Waals surface area contributed by atoms with Gasteiger partial charge in [-0.1, -0.05) is 70.4 Å². The fourth-order valence-corrected chi connectivity index (χ4v) is 4.71. The highest BCUT2D eigenvalue weighted by Crippen LogP contribution is 2.37. The Balaban J connectivity index is 2.27. The van der Waals surface area contributed by atoms with Crippen LogP contribution in [0.2, 0.25) is 0 Å². The maximum Gasteiger partial charge on any atom is 0.408 e. The summed E-state index contributed by atoms with van der Waals surface area (Å²) in [5.74, 6) is -4.88. The van der Waals surface area contributed by atoms with Gasteiger partial charge in [0, 0.05) is 26.2 Å². The van der Waals surface area contributed by atoms with E-state index in [1.807, 2.05) is 20.8 Å². The summed E-state index contributed by atoms with van der Waals surface area (Å²) in [6, 6.07) is 7.00. The Morgan fingerprint density at radius 3 is 2.16 bits per heavy atom. The van der Waals surface area contributed by atoms with E-state index in [0.717, 1.165) is 32.1 Å². The van der Waals surface area contributed by atoms with Crippen molar-refractivity contribution in [3.8, 4) is 0 Å². The molecule has 2 N–H and O–H groups in total. The molecule has 0 spiro atoms. The highest BCUT2D eigenvalue weighted by molar-refractivity contribution is 5.81. The van der Waals surface area contributed by atoms with E-state index in [0.29, 0.717) is 25.2 Å². The minimum Gasteiger partial charge on any atom is -0.464 e. The smallest absolute Gasteiger partial charge is 0.408 e. The first-order valence-electron chi connectivity index (χ1n) is 15.8. The van der Waals surface area contributed by atoms with Gasteiger partial charge in [0.2, 0.25) is 0 Å². The molecule has 252 valence electrons. The van der Waals surface area contributed by atoms with Crippen LogP contribution in [0, 0.1) is 0 Å². The Labute approximate surface area is 260 Å². The summed E-state index contributed by atoms with van der Waals surface area (Å²) in [7, 11) is 0. The Kier molecular flexibility index (Phi) is 17.7. The first kappa shape index (κ1) is 37.8. The SMILES string of the molecule is CCCCOC[C@H]1O[C@H](C(F)(F)C[C@H](NC(=O)OCc2ccccc2)C(=O)OCC)[C@H](O)[C@@H](OCCCC)[C@H]1OCCCC. The van der Waals surface area contributed by atoms with Crippen LogP contribution < -0.4 is 5.32 Å². The molecule has 2 rings (SSSR count). The standard InChI is InChI=1S/C32H51F2NO9/c1-5-9-17-39-22-25-27(41-18-10-6-2)28(42-19-11-7-3)26(36)29(44-25)32(33,34)20-24(30(37)40-8-4)35-31(38)43-21-23-15-13-12-14-16-23/h12-16,24-29,36H,5-11,17-22H2,1-4H3,(H,35,38)/t24-,25+,26+,27-,28+,29-/m0/s1. The Morgan fingerprint density at radius 2 is 1.55 bits per heavy atom. The second kappa shape index (κ2) is 20.6. The van der Waals surface area contributed by atoms with Crippen molar-refractivity contribution in [3.05, 3.63) is 35.9 Å². The zero-order valence-electron chi connectivity index (χ0n) is 26.5. The summed E-state index contributed by atoms with van der Waals surface area (Å²) in [5.41, 5.74) is 0.677. The van der Waals surface area contributed by atoms with E-state index in [9.17, 15) is 14.7 Å². The molecule has 0 aliphatic carbocycles. The molecule has 0 bridgehead atoms. The zero-order chi connectivity index (χ0) is 32.4. The minimum absolute atomic E-state index is 0.0465. The minimum atomic E-state index is -3.81. The van der Waals surface area contributed by atoms with Crippen molar-refractivity contribution >= 4 is 12.1 Å². The average molecular weight is 632 g/mol. The van der Waals surface area contributed by atoms with E-state index in [2.05, 4.69) is 5.32 Å². The number of alkyl carbamates (subject to hydrolysis) is 1. The van der Waals surface area contributed by atoms with Crippen LogP contribution in [0.4, 0.5) is 13.6 Å². The van der Waals surface area contributed by atoms with Crippen LogP contribution in [0.25, 0.3) is 0 Å². The number of halogens is 2. The number of unbranched alkanes of at least 4 members (excludes halogenated alkanes) is 3. The number of alkyl halides is 2. The van der Waals surface area contributed by atoms with Crippen molar-refractivity contribution in [3.63, 3.8) is 0 Å². The van der Waals surface area contributed by atoms with Gasteiger partial charge in [-0.2, -0.15) is 0 Å². The molecule has 12 heteroatoms. The van der Waals surface area contributed by atoms with Crippen LogP contribution in [-0.2, 0) is 39.8 Å². The van der Waals surface area contributed by atoms with E-state index in [-0.39, 0.29) is 26.4 Å². The van der Waals surface area contributed by atoms with E-state index in [4.69, 9.17) is 28.4 Å². The molecule has 1 amide bonds. The third-order valence-electron chi connectivity index (χ3n) is 7.17. The van der Waals surface area contributed by atoms with Crippen LogP contribution in [0.1, 0.15) is 78.2 Å². The lowest BCUT2D eigenvalue weighted by atomic mass is 9.89. The van der Waals surface area contributed by atoms with E-state index in [1.54, 1.807) is 30.3 Å². The summed E-state index contributed by atoms with van der Waals surface area (Å²) in [4.78, 5) is 25.2. The fourth-order valence-electron chi connectivity index (χ4n) is 4.71. The van der Waals surface area contributed by atoms with Gasteiger partial charge in [0.25, 0.3) is 5.92 Å². The van der Waals surface area contributed by atoms with Gasteiger partial charge >= 0.3 is 12.1 Å². The predicted octanol–water partition coefficient (Wildman–Crippen LogP) is 5.19. The van der Waals surface area contributed by atoms with Crippen molar-refractivity contribution < 1.29 is 51.9 Å². The number of benzene rings is 1. The number of aliphatic hydroxyl groups excluding tert-OH is 1. The lowest BCUT2D eigenvalue weighted by Gasteiger charge is -2.46. The number of aliphatic hydroxyl groups is 1. The monoisotopic (exact) mass is 631 g/mol. The molecule has 0 radical (unpaired) electrons. The maximum absolute atomic E-state index is 16.1. The van der Waals surface area contributed by atoms with Gasteiger partial charge < -0.3 is 38.8 Å². The molecule has 44 heavy (non-hydrogen) atoms. The van der Waals surface area contributed by atoms with Gasteiger partial charge in [0.05, 0.1) is 13.2 Å². The number of ether oxygens (including phenoxy) is 6. The van der Waals surface area contributed by atoms with Crippen LogP contribution in [0.15, 0.2) is 30.3 Å². The van der Waals surface area contributed by atoms with Crippen molar-refractivity contribution in [2.75, 3.05) is 33.0 Å². The molecule has 0 saturated carbocycles. The third-order valence-corrected chi connectivity index (χ3v) is 7.17. The number of nitrogens with one attached hydrogen (secondary N) is 1. The fraction of sp³-hybridized carbons (Fsp3) is 0.750. The van der Waals surface area contributed by atoms with E-state index >= 15 is 8.78 Å². The van der Waals surface area contributed by atoms with Gasteiger partial charge in [0.1, 0.15) is 43.2 Å². The number of hydrogen-bond acceptors (Lipinski definition) is 9. The highest BCUT2D eigenvalue weighted by Gasteiger charge is 2.57. The number of esters is 1. The van der Waals surface area contributed by atoms with Gasteiger partial charge in [0.15, 0.2) is 0 Å². The molecule has 1 aliphatic rings. The summed E-state index contributed by atoms with van der Waals surface area (Å²) in [5, 5.41) is 13.5. The van der Waals surface area contributed by atoms with Crippen LogP contribution in [0.5, 0.6) is 0 Å². The van der Waals surface area contributed by atoms with Gasteiger partial charge in [-0.15, -0.1) is 0 Å². The first-order valence-corrected chi connectivity index (χ1v) is 15.8. The zero-order valence-corrected chi connectivity index (χ0v) is 26.5. The molecule has 1 aromatic carbocycles. The second-order valence-corrected chi connectivity index (χ2v) is 10.9. The van der Waals surface area contributed by atoms with Crippen LogP contribution in [0.3, 0.4) is 0 Å². The van der Waals surface area contributed by atoms with Gasteiger partial charge in [-0.25, -0.2) is 18.4 Å².